The molecular weight excluding hydrogens is 606 g/mol. The lowest BCUT2D eigenvalue weighted by Crippen LogP contribution is -2.30. The van der Waals surface area contributed by atoms with Crippen molar-refractivity contribution in [3.63, 3.8) is 0 Å². The number of hydrogen-bond acceptors (Lipinski definition) is 8. The summed E-state index contributed by atoms with van der Waals surface area (Å²) in [5, 5.41) is 8.16. The monoisotopic (exact) mass is 639 g/mol. The van der Waals surface area contributed by atoms with E-state index in [0.717, 1.165) is 4.90 Å². The lowest BCUT2D eigenvalue weighted by Gasteiger charge is -2.16. The molecule has 46 heavy (non-hydrogen) atoms. The van der Waals surface area contributed by atoms with Crippen LogP contribution in [0.1, 0.15) is 29.3 Å². The maximum atomic E-state index is 13.6. The van der Waals surface area contributed by atoms with Crippen molar-refractivity contribution in [1.29, 1.82) is 0 Å². The van der Waals surface area contributed by atoms with E-state index < -0.39 is 17.1 Å². The van der Waals surface area contributed by atoms with E-state index >= 15 is 0 Å². The predicted octanol–water partition coefficient (Wildman–Crippen LogP) is 6.35. The van der Waals surface area contributed by atoms with Gasteiger partial charge in [-0.25, -0.2) is 0 Å². The predicted molar refractivity (Wildman–Crippen MR) is 178 cm³/mol. The van der Waals surface area contributed by atoms with Crippen molar-refractivity contribution in [2.45, 2.75) is 23.5 Å². The third-order valence-electron chi connectivity index (χ3n) is 6.94. The van der Waals surface area contributed by atoms with Gasteiger partial charge in [0.25, 0.3) is 11.8 Å². The number of hydrogen-bond donors (Lipinski definition) is 3. The van der Waals surface area contributed by atoms with E-state index in [1.807, 2.05) is 13.0 Å². The lowest BCUT2D eigenvalue weighted by atomic mass is 10.1. The van der Waals surface area contributed by atoms with Crippen LogP contribution in [0.4, 0.5) is 11.4 Å². The molecule has 1 aliphatic heterocycles. The number of carbonyl (C=O) groups excluding carboxylic acids is 3. The molecular formula is C35H33N3O7S. The van der Waals surface area contributed by atoms with Crippen LogP contribution in [0.25, 0.3) is 6.08 Å². The number of thioether (sulfide) groups is 1. The Kier molecular flexibility index (Phi) is 10.5. The SMILES string of the molecule is CCC(Sc1cccc(NC(=O)/C(=C\c2ccc(OC)cc2OC)NC(=O)c2ccccc2)c1)C(=O)Nc1ccc2c(c1)OCO2. The van der Waals surface area contributed by atoms with Crippen LogP contribution in [0.5, 0.6) is 23.0 Å². The molecule has 3 N–H and O–H groups in total. The number of nitrogens with one attached hydrogen (secondary N) is 3. The number of fused-ring (bicyclic) bond motifs is 1. The molecule has 1 unspecified atom stereocenters. The van der Waals surface area contributed by atoms with Gasteiger partial charge in [-0.2, -0.15) is 0 Å². The summed E-state index contributed by atoms with van der Waals surface area (Å²) in [5.74, 6) is 1.11. The molecule has 1 heterocycles. The second kappa shape index (κ2) is 15.0. The van der Waals surface area contributed by atoms with Gasteiger partial charge in [-0.3, -0.25) is 14.4 Å². The molecule has 5 rings (SSSR count). The minimum absolute atomic E-state index is 0.00455. The summed E-state index contributed by atoms with van der Waals surface area (Å²) < 4.78 is 21.5. The quantitative estimate of drug-likeness (QED) is 0.121. The van der Waals surface area contributed by atoms with Crippen molar-refractivity contribution >= 4 is 46.9 Å². The Morgan fingerprint density at radius 3 is 2.39 bits per heavy atom. The van der Waals surface area contributed by atoms with Crippen molar-refractivity contribution in [3.05, 3.63) is 108 Å². The van der Waals surface area contributed by atoms with Gasteiger partial charge < -0.3 is 34.9 Å². The van der Waals surface area contributed by atoms with Crippen LogP contribution in [-0.2, 0) is 9.59 Å². The first-order valence-electron chi connectivity index (χ1n) is 14.5. The highest BCUT2D eigenvalue weighted by Crippen LogP contribution is 2.35. The fourth-order valence-electron chi connectivity index (χ4n) is 4.56. The molecule has 4 aromatic rings. The highest BCUT2D eigenvalue weighted by Gasteiger charge is 2.21. The van der Waals surface area contributed by atoms with Crippen molar-refractivity contribution in [3.8, 4) is 23.0 Å². The third kappa shape index (κ3) is 7.99. The van der Waals surface area contributed by atoms with Crippen LogP contribution in [0.2, 0.25) is 0 Å². The van der Waals surface area contributed by atoms with E-state index in [1.54, 1.807) is 98.1 Å². The van der Waals surface area contributed by atoms with Crippen LogP contribution in [0.3, 0.4) is 0 Å². The van der Waals surface area contributed by atoms with Gasteiger partial charge in [0.05, 0.1) is 19.5 Å². The zero-order chi connectivity index (χ0) is 32.5. The fraction of sp³-hybridized carbons (Fsp3) is 0.171. The minimum Gasteiger partial charge on any atom is -0.497 e. The molecule has 0 fully saturated rings. The molecule has 0 saturated carbocycles. The molecule has 3 amide bonds. The number of benzene rings is 4. The largest absolute Gasteiger partial charge is 0.497 e. The average molecular weight is 640 g/mol. The summed E-state index contributed by atoms with van der Waals surface area (Å²) in [7, 11) is 3.06. The first-order valence-corrected chi connectivity index (χ1v) is 15.3. The van der Waals surface area contributed by atoms with Crippen LogP contribution in [0, 0.1) is 0 Å². The Morgan fingerprint density at radius 2 is 1.63 bits per heavy atom. The molecule has 0 saturated heterocycles. The van der Waals surface area contributed by atoms with Crippen LogP contribution >= 0.6 is 11.8 Å². The number of anilines is 2. The van der Waals surface area contributed by atoms with Crippen LogP contribution < -0.4 is 34.9 Å². The zero-order valence-electron chi connectivity index (χ0n) is 25.5. The van der Waals surface area contributed by atoms with E-state index in [4.69, 9.17) is 18.9 Å². The number of methoxy groups -OCH3 is 2. The zero-order valence-corrected chi connectivity index (χ0v) is 26.3. The lowest BCUT2D eigenvalue weighted by molar-refractivity contribution is -0.116. The molecule has 1 atom stereocenters. The van der Waals surface area contributed by atoms with E-state index in [9.17, 15) is 14.4 Å². The normalized spacial score (nSPS) is 12.5. The maximum Gasteiger partial charge on any atom is 0.272 e. The Hall–Kier alpha value is -5.42. The third-order valence-corrected chi connectivity index (χ3v) is 8.30. The number of rotatable bonds is 12. The molecule has 0 spiro atoms. The van der Waals surface area contributed by atoms with Gasteiger partial charge in [0.1, 0.15) is 17.2 Å². The second-order valence-electron chi connectivity index (χ2n) is 10.0. The summed E-state index contributed by atoms with van der Waals surface area (Å²) in [6.07, 6.45) is 2.11. The molecule has 11 heteroatoms. The van der Waals surface area contributed by atoms with Crippen LogP contribution in [0.15, 0.2) is 102 Å². The van der Waals surface area contributed by atoms with E-state index in [-0.39, 0.29) is 18.4 Å². The topological polar surface area (TPSA) is 124 Å². The van der Waals surface area contributed by atoms with Crippen molar-refractivity contribution in [1.82, 2.24) is 5.32 Å². The van der Waals surface area contributed by atoms with Crippen molar-refractivity contribution in [2.75, 3.05) is 31.6 Å². The molecule has 1 aliphatic rings. The van der Waals surface area contributed by atoms with E-state index in [2.05, 4.69) is 16.0 Å². The smallest absolute Gasteiger partial charge is 0.272 e. The first kappa shape index (κ1) is 32.0. The van der Waals surface area contributed by atoms with E-state index in [0.29, 0.717) is 51.9 Å². The highest BCUT2D eigenvalue weighted by molar-refractivity contribution is 8.00. The summed E-state index contributed by atoms with van der Waals surface area (Å²) >= 11 is 1.38. The molecule has 10 nitrogen and oxygen atoms in total. The summed E-state index contributed by atoms with van der Waals surface area (Å²) in [6.45, 7) is 2.09. The van der Waals surface area contributed by atoms with Crippen LogP contribution in [-0.4, -0.2) is 44.0 Å². The average Bonchev–Trinajstić information content (AvgIpc) is 3.55. The Balaban J connectivity index is 1.33. The van der Waals surface area contributed by atoms with Gasteiger partial charge in [-0.1, -0.05) is 31.2 Å². The Morgan fingerprint density at radius 1 is 0.848 bits per heavy atom. The summed E-state index contributed by atoms with van der Waals surface area (Å²) in [4.78, 5) is 40.6. The molecule has 0 radical (unpaired) electrons. The molecule has 0 aliphatic carbocycles. The summed E-state index contributed by atoms with van der Waals surface area (Å²) in [5.41, 5.74) is 2.06. The molecule has 4 aromatic carbocycles. The summed E-state index contributed by atoms with van der Waals surface area (Å²) in [6, 6.07) is 26.2. The maximum absolute atomic E-state index is 13.6. The van der Waals surface area contributed by atoms with Crippen molar-refractivity contribution < 1.29 is 33.3 Å². The molecule has 0 bridgehead atoms. The number of carbonyl (C=O) groups is 3. The van der Waals surface area contributed by atoms with Gasteiger partial charge in [-0.15, -0.1) is 11.8 Å². The number of amides is 3. The van der Waals surface area contributed by atoms with Gasteiger partial charge >= 0.3 is 0 Å². The van der Waals surface area contributed by atoms with Gasteiger partial charge in [0.2, 0.25) is 12.7 Å². The Bertz CT molecular complexity index is 1760. The van der Waals surface area contributed by atoms with Gasteiger partial charge in [0.15, 0.2) is 11.5 Å². The highest BCUT2D eigenvalue weighted by atomic mass is 32.2. The van der Waals surface area contributed by atoms with Gasteiger partial charge in [-0.05, 0) is 67.1 Å². The molecule has 0 aromatic heterocycles. The second-order valence-corrected chi connectivity index (χ2v) is 11.3. The number of ether oxygens (including phenoxy) is 4. The molecule has 236 valence electrons. The van der Waals surface area contributed by atoms with Gasteiger partial charge in [0, 0.05) is 39.5 Å². The first-order chi connectivity index (χ1) is 22.4. The Labute approximate surface area is 271 Å². The van der Waals surface area contributed by atoms with E-state index in [1.165, 1.54) is 18.9 Å². The standard InChI is InChI=1S/C35H33N3O7S/c1-4-32(35(41)37-25-14-16-29-31(19-25)45-21-44-29)46-27-12-8-11-24(18-27)36-34(40)28(38-33(39)22-9-6-5-7-10-22)17-23-13-15-26(42-2)20-30(23)43-3/h5-20,32H,4,21H2,1-3H3,(H,36,40)(H,37,41)(H,38,39)/b28-17+. The van der Waals surface area contributed by atoms with Crippen molar-refractivity contribution in [2.24, 2.45) is 0 Å². The minimum atomic E-state index is -0.545. The fourth-order valence-corrected chi connectivity index (χ4v) is 5.58.